The molecule has 1 saturated heterocycles. The molecule has 1 aliphatic heterocycles. The van der Waals surface area contributed by atoms with Crippen molar-refractivity contribution in [3.63, 3.8) is 0 Å². The highest BCUT2D eigenvalue weighted by Gasteiger charge is 2.31. The normalized spacial score (nSPS) is 17.4. The number of hydrogen-bond donors (Lipinski definition) is 2. The van der Waals surface area contributed by atoms with Gasteiger partial charge >= 0.3 is 0 Å². The maximum Gasteiger partial charge on any atom is 0.228 e. The molecule has 3 aromatic heterocycles. The van der Waals surface area contributed by atoms with E-state index >= 15 is 4.39 Å². The number of carbonyl (C=O) groups excluding carboxylic acids is 1. The van der Waals surface area contributed by atoms with Gasteiger partial charge in [0.25, 0.3) is 0 Å². The second-order valence-electron chi connectivity index (χ2n) is 10.3. The standard InChI is InChI=1S/C28H32FN7O3/c1-15-13-20(34-35(15)3)18-10-11-19(26(38-4)24(18)29)31-21-14-22(33-28(37)17-8-9-17)32-27-25(21)30-16(2)36(27)23-7-5-6-12-39-23/h10-11,13-14,17,23H,5-9,12H2,1-4H3,(H2,31,32,33,37). The molecule has 1 unspecified atom stereocenters. The third-order valence-electron chi connectivity index (χ3n) is 7.43. The lowest BCUT2D eigenvalue weighted by Crippen LogP contribution is -2.20. The monoisotopic (exact) mass is 533 g/mol. The SMILES string of the molecule is COc1c(Nc2cc(NC(=O)C3CC3)nc3c2nc(C)n3C2CCCCO2)ccc(-c2cc(C)n(C)n2)c1F. The molecule has 10 nitrogen and oxygen atoms in total. The minimum atomic E-state index is -0.523. The number of aryl methyl sites for hydroxylation is 3. The molecule has 2 N–H and O–H groups in total. The predicted molar refractivity (Wildman–Crippen MR) is 146 cm³/mol. The molecule has 1 atom stereocenters. The van der Waals surface area contributed by atoms with Gasteiger partial charge in [0.2, 0.25) is 5.91 Å². The van der Waals surface area contributed by atoms with Gasteiger partial charge in [0.1, 0.15) is 23.4 Å². The van der Waals surface area contributed by atoms with Crippen molar-refractivity contribution < 1.29 is 18.7 Å². The Bertz CT molecular complexity index is 1550. The largest absolute Gasteiger partial charge is 0.492 e. The highest BCUT2D eigenvalue weighted by atomic mass is 19.1. The van der Waals surface area contributed by atoms with Crippen molar-refractivity contribution >= 4 is 34.3 Å². The first-order valence-electron chi connectivity index (χ1n) is 13.3. The van der Waals surface area contributed by atoms with Crippen LogP contribution in [0, 0.1) is 25.6 Å². The van der Waals surface area contributed by atoms with Crippen LogP contribution < -0.4 is 15.4 Å². The molecule has 2 aliphatic rings. The molecular formula is C28H32FN7O3. The van der Waals surface area contributed by atoms with Gasteiger partial charge in [-0.15, -0.1) is 0 Å². The Balaban J connectivity index is 1.44. The van der Waals surface area contributed by atoms with Crippen LogP contribution in [0.5, 0.6) is 5.75 Å². The summed E-state index contributed by atoms with van der Waals surface area (Å²) >= 11 is 0. The van der Waals surface area contributed by atoms with Crippen molar-refractivity contribution in [1.29, 1.82) is 0 Å². The lowest BCUT2D eigenvalue weighted by Gasteiger charge is -2.25. The van der Waals surface area contributed by atoms with Crippen molar-refractivity contribution in [3.05, 3.63) is 41.6 Å². The van der Waals surface area contributed by atoms with Crippen molar-refractivity contribution in [2.75, 3.05) is 24.4 Å². The van der Waals surface area contributed by atoms with Crippen LogP contribution in [0.4, 0.5) is 21.6 Å². The molecule has 11 heteroatoms. The van der Waals surface area contributed by atoms with Crippen LogP contribution in [0.2, 0.25) is 0 Å². The Kier molecular flexibility index (Phi) is 6.46. The Morgan fingerprint density at radius 3 is 2.62 bits per heavy atom. The molecule has 1 amide bonds. The maximum atomic E-state index is 15.7. The lowest BCUT2D eigenvalue weighted by atomic mass is 10.1. The second kappa shape index (κ2) is 9.96. The van der Waals surface area contributed by atoms with E-state index in [0.717, 1.165) is 43.6 Å². The molecule has 1 aliphatic carbocycles. The Morgan fingerprint density at radius 2 is 1.95 bits per heavy atom. The van der Waals surface area contributed by atoms with Gasteiger partial charge in [-0.25, -0.2) is 14.4 Å². The van der Waals surface area contributed by atoms with Crippen LogP contribution in [0.15, 0.2) is 24.3 Å². The van der Waals surface area contributed by atoms with Crippen LogP contribution in [0.3, 0.4) is 0 Å². The summed E-state index contributed by atoms with van der Waals surface area (Å²) in [5, 5.41) is 10.7. The predicted octanol–water partition coefficient (Wildman–Crippen LogP) is 5.39. The number of nitrogens with one attached hydrogen (secondary N) is 2. The second-order valence-corrected chi connectivity index (χ2v) is 10.3. The van der Waals surface area contributed by atoms with E-state index in [1.807, 2.05) is 31.5 Å². The van der Waals surface area contributed by atoms with Gasteiger partial charge < -0.3 is 20.1 Å². The molecule has 2 fully saturated rings. The summed E-state index contributed by atoms with van der Waals surface area (Å²) in [5.41, 5.74) is 3.96. The molecule has 0 radical (unpaired) electrons. The van der Waals surface area contributed by atoms with E-state index < -0.39 is 5.82 Å². The Hall–Kier alpha value is -3.99. The van der Waals surface area contributed by atoms with Gasteiger partial charge in [0.15, 0.2) is 17.2 Å². The average molecular weight is 534 g/mol. The number of benzene rings is 1. The highest BCUT2D eigenvalue weighted by molar-refractivity contribution is 5.97. The van der Waals surface area contributed by atoms with E-state index in [-0.39, 0.29) is 23.8 Å². The number of hydrogen-bond acceptors (Lipinski definition) is 7. The van der Waals surface area contributed by atoms with E-state index in [4.69, 9.17) is 19.4 Å². The number of ether oxygens (including phenoxy) is 2. The van der Waals surface area contributed by atoms with Crippen molar-refractivity contribution in [2.45, 2.75) is 52.2 Å². The molecule has 39 heavy (non-hydrogen) atoms. The number of halogens is 1. The van der Waals surface area contributed by atoms with E-state index in [2.05, 4.69) is 15.7 Å². The summed E-state index contributed by atoms with van der Waals surface area (Å²) in [6, 6.07) is 6.99. The number of carbonyl (C=O) groups is 1. The third-order valence-corrected chi connectivity index (χ3v) is 7.43. The number of fused-ring (bicyclic) bond motifs is 1. The number of nitrogens with zero attached hydrogens (tertiary/aromatic N) is 5. The lowest BCUT2D eigenvalue weighted by molar-refractivity contribution is -0.117. The fourth-order valence-electron chi connectivity index (χ4n) is 5.07. The van der Waals surface area contributed by atoms with Gasteiger partial charge in [0, 0.05) is 36.9 Å². The van der Waals surface area contributed by atoms with Crippen molar-refractivity contribution in [2.24, 2.45) is 13.0 Å². The van der Waals surface area contributed by atoms with E-state index in [0.29, 0.717) is 46.2 Å². The van der Waals surface area contributed by atoms with Crippen LogP contribution in [0.25, 0.3) is 22.4 Å². The summed E-state index contributed by atoms with van der Waals surface area (Å²) in [6.07, 6.45) is 4.49. The summed E-state index contributed by atoms with van der Waals surface area (Å²) in [5.74, 6) is 0.643. The highest BCUT2D eigenvalue weighted by Crippen LogP contribution is 2.39. The quantitative estimate of drug-likeness (QED) is 0.328. The van der Waals surface area contributed by atoms with Gasteiger partial charge in [-0.1, -0.05) is 0 Å². The molecule has 4 heterocycles. The summed E-state index contributed by atoms with van der Waals surface area (Å²) in [7, 11) is 3.25. The minimum Gasteiger partial charge on any atom is -0.492 e. The fourth-order valence-corrected chi connectivity index (χ4v) is 5.07. The number of methoxy groups -OCH3 is 1. The van der Waals surface area contributed by atoms with Crippen LogP contribution in [-0.2, 0) is 16.6 Å². The first-order valence-corrected chi connectivity index (χ1v) is 13.3. The zero-order valence-electron chi connectivity index (χ0n) is 22.5. The zero-order chi connectivity index (χ0) is 27.3. The Labute approximate surface area is 225 Å². The average Bonchev–Trinajstić information content (AvgIpc) is 3.65. The molecule has 1 aromatic carbocycles. The summed E-state index contributed by atoms with van der Waals surface area (Å²) in [4.78, 5) is 22.2. The van der Waals surface area contributed by atoms with Crippen LogP contribution in [0.1, 0.15) is 49.9 Å². The van der Waals surface area contributed by atoms with Crippen molar-refractivity contribution in [3.8, 4) is 17.0 Å². The molecule has 6 rings (SSSR count). The number of pyridine rings is 1. The first-order chi connectivity index (χ1) is 18.8. The van der Waals surface area contributed by atoms with Crippen LogP contribution in [-0.4, -0.2) is 43.9 Å². The maximum absolute atomic E-state index is 15.7. The molecule has 4 aromatic rings. The third kappa shape index (κ3) is 4.71. The molecule has 1 saturated carbocycles. The first kappa shape index (κ1) is 25.3. The summed E-state index contributed by atoms with van der Waals surface area (Å²) in [6.45, 7) is 4.50. The minimum absolute atomic E-state index is 0.0178. The number of amides is 1. The summed E-state index contributed by atoms with van der Waals surface area (Å²) < 4.78 is 31.0. The van der Waals surface area contributed by atoms with Gasteiger partial charge in [0.05, 0.1) is 24.2 Å². The van der Waals surface area contributed by atoms with Crippen LogP contribution >= 0.6 is 0 Å². The van der Waals surface area contributed by atoms with Gasteiger partial charge in [-0.2, -0.15) is 5.10 Å². The van der Waals surface area contributed by atoms with Crippen molar-refractivity contribution in [1.82, 2.24) is 24.3 Å². The zero-order valence-corrected chi connectivity index (χ0v) is 22.5. The number of aromatic nitrogens is 5. The smallest absolute Gasteiger partial charge is 0.228 e. The van der Waals surface area contributed by atoms with Gasteiger partial charge in [-0.3, -0.25) is 14.0 Å². The topological polar surface area (TPSA) is 108 Å². The molecule has 204 valence electrons. The Morgan fingerprint density at radius 1 is 1.13 bits per heavy atom. The number of rotatable bonds is 7. The molecule has 0 spiro atoms. The fraction of sp³-hybridized carbons (Fsp3) is 0.429. The molecular weight excluding hydrogens is 501 g/mol. The van der Waals surface area contributed by atoms with Gasteiger partial charge in [-0.05, 0) is 64.2 Å². The number of anilines is 3. The van der Waals surface area contributed by atoms with E-state index in [1.165, 1.54) is 7.11 Å². The molecule has 0 bridgehead atoms. The van der Waals surface area contributed by atoms with E-state index in [9.17, 15) is 4.79 Å². The van der Waals surface area contributed by atoms with E-state index in [1.54, 1.807) is 22.9 Å². The number of imidazole rings is 1.